The molecule has 4 aromatic rings. The summed E-state index contributed by atoms with van der Waals surface area (Å²) < 4.78 is 0. The van der Waals surface area contributed by atoms with Gasteiger partial charge in [-0.25, -0.2) is 10.2 Å². The molecule has 0 saturated carbocycles. The molecule has 2 aromatic carbocycles. The smallest absolute Gasteiger partial charge is 0.165 e. The topological polar surface area (TPSA) is 105 Å². The third-order valence-electron chi connectivity index (χ3n) is 6.36. The number of rotatable bonds is 9. The summed E-state index contributed by atoms with van der Waals surface area (Å²) in [6.07, 6.45) is 4.14. The Bertz CT molecular complexity index is 1200. The van der Waals surface area contributed by atoms with Gasteiger partial charge in [-0.1, -0.05) is 13.8 Å². The third-order valence-corrected chi connectivity index (χ3v) is 6.36. The lowest BCUT2D eigenvalue weighted by atomic mass is 10.0. The van der Waals surface area contributed by atoms with Crippen LogP contribution in [0.5, 0.6) is 5.75 Å². The highest BCUT2D eigenvalue weighted by Gasteiger charge is 2.14. The van der Waals surface area contributed by atoms with Crippen LogP contribution in [0, 0.1) is 6.92 Å². The second-order valence-corrected chi connectivity index (χ2v) is 8.32. The van der Waals surface area contributed by atoms with Crippen molar-refractivity contribution in [3.05, 3.63) is 42.1 Å². The lowest BCUT2D eigenvalue weighted by Crippen LogP contribution is -2.25. The molecule has 0 aliphatic heterocycles. The number of aryl methyl sites for hydroxylation is 1. The van der Waals surface area contributed by atoms with E-state index in [2.05, 4.69) is 64.9 Å². The number of nitrogens with one attached hydrogen (secondary N) is 2. The monoisotopic (exact) mass is 438 g/mol. The van der Waals surface area contributed by atoms with Crippen LogP contribution in [0.15, 0.2) is 36.5 Å². The van der Waals surface area contributed by atoms with E-state index in [0.29, 0.717) is 11.8 Å². The van der Waals surface area contributed by atoms with Crippen LogP contribution in [0.3, 0.4) is 0 Å². The highest BCUT2D eigenvalue weighted by molar-refractivity contribution is 6.15. The van der Waals surface area contributed by atoms with Gasteiger partial charge in [-0.05, 0) is 87.6 Å². The number of aromatic nitrogens is 2. The minimum absolute atomic E-state index is 0. The van der Waals surface area contributed by atoms with Gasteiger partial charge < -0.3 is 25.6 Å². The minimum Gasteiger partial charge on any atom is -0.412 e. The molecule has 0 aliphatic rings. The fourth-order valence-corrected chi connectivity index (χ4v) is 4.50. The van der Waals surface area contributed by atoms with E-state index in [1.165, 1.54) is 10.9 Å². The van der Waals surface area contributed by atoms with Crippen LogP contribution >= 0.6 is 0 Å². The van der Waals surface area contributed by atoms with Gasteiger partial charge >= 0.3 is 0 Å². The summed E-state index contributed by atoms with van der Waals surface area (Å²) >= 11 is 0. The van der Waals surface area contributed by atoms with Crippen molar-refractivity contribution in [2.75, 3.05) is 25.0 Å². The summed E-state index contributed by atoms with van der Waals surface area (Å²) in [4.78, 5) is 15.1. The Kier molecular flexibility index (Phi) is 7.56. The number of hydrogen-bond acceptors (Lipinski definition) is 5. The van der Waals surface area contributed by atoms with Gasteiger partial charge in [0.15, 0.2) is 5.75 Å². The van der Waals surface area contributed by atoms with Crippen molar-refractivity contribution in [1.29, 1.82) is 0 Å². The highest BCUT2D eigenvalue weighted by Crippen LogP contribution is 2.36. The van der Waals surface area contributed by atoms with E-state index >= 15 is 0 Å². The molecule has 0 bridgehead atoms. The third kappa shape index (κ3) is 4.50. The van der Waals surface area contributed by atoms with Crippen LogP contribution in [-0.4, -0.2) is 51.3 Å². The van der Waals surface area contributed by atoms with Crippen LogP contribution < -0.4 is 10.2 Å². The molecule has 0 saturated heterocycles. The maximum Gasteiger partial charge on any atom is 0.165 e. The molecule has 7 nitrogen and oxygen atoms in total. The molecule has 4 rings (SSSR count). The summed E-state index contributed by atoms with van der Waals surface area (Å²) in [5, 5.41) is 17.1. The fourth-order valence-electron chi connectivity index (χ4n) is 4.50. The Balaban J connectivity index is 0.00000289. The van der Waals surface area contributed by atoms with E-state index in [1.807, 2.05) is 18.3 Å². The van der Waals surface area contributed by atoms with Crippen LogP contribution in [0.2, 0.25) is 0 Å². The first-order valence-corrected chi connectivity index (χ1v) is 11.2. The van der Waals surface area contributed by atoms with Gasteiger partial charge in [-0.15, -0.1) is 0 Å². The van der Waals surface area contributed by atoms with Crippen LogP contribution in [0.25, 0.3) is 32.6 Å². The fraction of sp³-hybridized carbons (Fsp3) is 0.400. The predicted molar refractivity (Wildman–Crippen MR) is 133 cm³/mol. The molecule has 7 heteroatoms. The molecule has 2 aromatic heterocycles. The molecule has 0 radical (unpaired) electrons. The molecular weight excluding hydrogens is 404 g/mol. The predicted octanol–water partition coefficient (Wildman–Crippen LogP) is 5.13. The first kappa shape index (κ1) is 23.8. The molecule has 2 heterocycles. The molecular formula is C25H34N4O3. The normalized spacial score (nSPS) is 12.4. The van der Waals surface area contributed by atoms with E-state index in [4.69, 9.17) is 5.26 Å². The van der Waals surface area contributed by atoms with Crippen molar-refractivity contribution < 1.29 is 15.6 Å². The number of H-pyrrole nitrogens is 1. The minimum atomic E-state index is 0. The highest BCUT2D eigenvalue weighted by atomic mass is 17.1. The zero-order chi connectivity index (χ0) is 22.0. The molecule has 0 spiro atoms. The number of hydrogen-bond donors (Lipinski definition) is 3. The van der Waals surface area contributed by atoms with Gasteiger partial charge in [0, 0.05) is 33.9 Å². The van der Waals surface area contributed by atoms with E-state index in [-0.39, 0.29) is 5.48 Å². The number of benzene rings is 2. The van der Waals surface area contributed by atoms with Gasteiger partial charge in [0.25, 0.3) is 0 Å². The van der Waals surface area contributed by atoms with Gasteiger partial charge in [0.1, 0.15) is 5.82 Å². The number of aromatic amines is 1. The van der Waals surface area contributed by atoms with E-state index < -0.39 is 0 Å². The maximum atomic E-state index is 9.08. The molecule has 1 unspecified atom stereocenters. The van der Waals surface area contributed by atoms with Crippen LogP contribution in [-0.2, 0) is 0 Å². The summed E-state index contributed by atoms with van der Waals surface area (Å²) in [6.45, 7) is 12.1. The summed E-state index contributed by atoms with van der Waals surface area (Å²) in [6, 6.07) is 10.1. The molecule has 0 fully saturated rings. The first-order chi connectivity index (χ1) is 15.0. The Hall–Kier alpha value is -2.87. The average Bonchev–Trinajstić information content (AvgIpc) is 3.15. The number of anilines is 1. The lowest BCUT2D eigenvalue weighted by molar-refractivity contribution is -0.137. The van der Waals surface area contributed by atoms with Gasteiger partial charge in [-0.2, -0.15) is 0 Å². The number of nitrogens with zero attached hydrogens (tertiary/aromatic N) is 2. The molecule has 5 N–H and O–H groups in total. The van der Waals surface area contributed by atoms with E-state index in [0.717, 1.165) is 65.5 Å². The molecule has 0 amide bonds. The van der Waals surface area contributed by atoms with E-state index in [9.17, 15) is 0 Å². The van der Waals surface area contributed by atoms with Crippen LogP contribution in [0.4, 0.5) is 5.82 Å². The quantitative estimate of drug-likeness (QED) is 0.248. The van der Waals surface area contributed by atoms with Crippen molar-refractivity contribution >= 4 is 38.4 Å². The van der Waals surface area contributed by atoms with Crippen molar-refractivity contribution in [2.24, 2.45) is 0 Å². The zero-order valence-corrected chi connectivity index (χ0v) is 19.3. The standard InChI is InChI=1S/C25H32N4O2.H2O/c1-5-29(6-2)13-7-8-16(3)27-25-22-15-21-20-14-18(31-30)9-10-23(20)28-24(21)17(4)19(22)11-12-26-25;/h9-12,14-16,28,30H,5-8,13H2,1-4H3,(H,26,27);1H2. The second-order valence-electron chi connectivity index (χ2n) is 8.32. The van der Waals surface area contributed by atoms with Crippen molar-refractivity contribution in [3.63, 3.8) is 0 Å². The Morgan fingerprint density at radius 1 is 1.09 bits per heavy atom. The largest absolute Gasteiger partial charge is 0.412 e. The molecule has 0 aliphatic carbocycles. The number of pyridine rings is 1. The average molecular weight is 439 g/mol. The van der Waals surface area contributed by atoms with E-state index in [1.54, 1.807) is 6.07 Å². The molecule has 172 valence electrons. The van der Waals surface area contributed by atoms with Crippen molar-refractivity contribution in [2.45, 2.75) is 46.6 Å². The summed E-state index contributed by atoms with van der Waals surface area (Å²) in [7, 11) is 0. The Morgan fingerprint density at radius 2 is 1.88 bits per heavy atom. The molecule has 32 heavy (non-hydrogen) atoms. The zero-order valence-electron chi connectivity index (χ0n) is 19.3. The first-order valence-electron chi connectivity index (χ1n) is 11.2. The van der Waals surface area contributed by atoms with Crippen molar-refractivity contribution in [3.8, 4) is 5.75 Å². The summed E-state index contributed by atoms with van der Waals surface area (Å²) in [5.41, 5.74) is 3.30. The summed E-state index contributed by atoms with van der Waals surface area (Å²) in [5.74, 6) is 1.35. The Labute approximate surface area is 188 Å². The Morgan fingerprint density at radius 3 is 2.59 bits per heavy atom. The second kappa shape index (κ2) is 10.2. The maximum absolute atomic E-state index is 9.08. The SMILES string of the molecule is CCN(CC)CCCC(C)Nc1nccc2c(C)c3[nH]c4ccc(OO)cc4c3cc12.O. The molecule has 1 atom stereocenters. The van der Waals surface area contributed by atoms with Gasteiger partial charge in [0.2, 0.25) is 0 Å². The number of fused-ring (bicyclic) bond motifs is 4. The van der Waals surface area contributed by atoms with Crippen molar-refractivity contribution in [1.82, 2.24) is 14.9 Å². The lowest BCUT2D eigenvalue weighted by Gasteiger charge is -2.20. The van der Waals surface area contributed by atoms with Gasteiger partial charge in [0.05, 0.1) is 5.52 Å². The van der Waals surface area contributed by atoms with Crippen LogP contribution in [0.1, 0.15) is 39.2 Å². The van der Waals surface area contributed by atoms with Gasteiger partial charge in [-0.3, -0.25) is 0 Å².